The Morgan fingerprint density at radius 1 is 0.943 bits per heavy atom. The van der Waals surface area contributed by atoms with E-state index in [1.807, 2.05) is 24.3 Å². The van der Waals surface area contributed by atoms with Gasteiger partial charge in [0, 0.05) is 55.4 Å². The molecule has 3 aliphatic rings. The third-order valence-electron chi connectivity index (χ3n) is 7.41. The summed E-state index contributed by atoms with van der Waals surface area (Å²) < 4.78 is 0. The number of carbonyl (C=O) groups is 3. The van der Waals surface area contributed by atoms with E-state index in [1.54, 1.807) is 4.90 Å². The monoisotopic (exact) mass is 494 g/mol. The smallest absolute Gasteiger partial charge is 0.255 e. The van der Waals surface area contributed by atoms with Crippen molar-refractivity contribution in [1.29, 1.82) is 0 Å². The molecule has 5 rings (SSSR count). The number of fused-ring (bicyclic) bond motifs is 1. The van der Waals surface area contributed by atoms with Crippen molar-refractivity contribution in [2.24, 2.45) is 0 Å². The molecule has 2 aromatic carbocycles. The number of nitrogens with zero attached hydrogens (tertiary/aromatic N) is 3. The zero-order valence-corrected chi connectivity index (χ0v) is 20.6. The summed E-state index contributed by atoms with van der Waals surface area (Å²) in [4.78, 5) is 43.4. The number of hydrogen-bond donors (Lipinski definition) is 1. The van der Waals surface area contributed by atoms with Gasteiger partial charge in [-0.15, -0.1) is 0 Å². The molecule has 0 aromatic heterocycles. The molecule has 0 saturated carbocycles. The number of rotatable bonds is 7. The summed E-state index contributed by atoms with van der Waals surface area (Å²) in [7, 11) is 0. The van der Waals surface area contributed by atoms with E-state index >= 15 is 0 Å². The number of benzene rings is 2. The maximum absolute atomic E-state index is 13.0. The maximum Gasteiger partial charge on any atom is 0.255 e. The van der Waals surface area contributed by atoms with E-state index in [4.69, 9.17) is 11.6 Å². The van der Waals surface area contributed by atoms with Crippen molar-refractivity contribution >= 4 is 35.0 Å². The van der Waals surface area contributed by atoms with Crippen LogP contribution >= 0.6 is 11.6 Å². The van der Waals surface area contributed by atoms with Gasteiger partial charge in [-0.05, 0) is 73.7 Å². The van der Waals surface area contributed by atoms with Gasteiger partial charge in [0.25, 0.3) is 5.91 Å². The molecule has 7 nitrogen and oxygen atoms in total. The number of unbranched alkanes of at least 4 members (excludes halogenated alkanes) is 1. The van der Waals surface area contributed by atoms with Crippen LogP contribution in [0.2, 0.25) is 5.02 Å². The number of piperidine rings is 1. The second-order valence-electron chi connectivity index (χ2n) is 9.61. The lowest BCUT2D eigenvalue weighted by molar-refractivity contribution is -0.136. The van der Waals surface area contributed by atoms with Crippen LogP contribution < -0.4 is 10.2 Å². The minimum atomic E-state index is -0.563. The molecule has 3 amide bonds. The fourth-order valence-electron chi connectivity index (χ4n) is 5.42. The van der Waals surface area contributed by atoms with Crippen LogP contribution in [0.3, 0.4) is 0 Å². The van der Waals surface area contributed by atoms with Crippen LogP contribution in [0.4, 0.5) is 5.69 Å². The van der Waals surface area contributed by atoms with Crippen LogP contribution in [-0.2, 0) is 22.6 Å². The molecule has 3 heterocycles. The lowest BCUT2D eigenvalue weighted by atomic mass is 9.98. The summed E-state index contributed by atoms with van der Waals surface area (Å²) in [5.74, 6) is -0.725. The van der Waals surface area contributed by atoms with Crippen molar-refractivity contribution in [3.63, 3.8) is 0 Å². The molecule has 0 bridgehead atoms. The Balaban J connectivity index is 1.10. The van der Waals surface area contributed by atoms with Gasteiger partial charge in [-0.25, -0.2) is 0 Å². The van der Waals surface area contributed by atoms with Crippen molar-refractivity contribution in [2.45, 2.75) is 44.7 Å². The Kier molecular flexibility index (Phi) is 7.07. The first kappa shape index (κ1) is 23.8. The normalized spacial score (nSPS) is 20.8. The second-order valence-corrected chi connectivity index (χ2v) is 10.0. The van der Waals surface area contributed by atoms with Crippen LogP contribution in [0.15, 0.2) is 42.5 Å². The topological polar surface area (TPSA) is 73.0 Å². The third kappa shape index (κ3) is 5.21. The SMILES string of the molecule is O=C1CCC(N2Cc3c(CCCCN4CCN(c5ccc(Cl)cc5)CC4)cccc3C2=O)C(=O)N1. The van der Waals surface area contributed by atoms with Gasteiger partial charge in [0.05, 0.1) is 0 Å². The molecule has 184 valence electrons. The summed E-state index contributed by atoms with van der Waals surface area (Å²) in [5, 5.41) is 3.14. The highest BCUT2D eigenvalue weighted by molar-refractivity contribution is 6.30. The van der Waals surface area contributed by atoms with Gasteiger partial charge in [-0.3, -0.25) is 24.6 Å². The maximum atomic E-state index is 13.0. The van der Waals surface area contributed by atoms with Gasteiger partial charge in [-0.1, -0.05) is 23.7 Å². The second kappa shape index (κ2) is 10.4. The largest absolute Gasteiger partial charge is 0.369 e. The molecule has 0 radical (unpaired) electrons. The molecule has 1 atom stereocenters. The minimum absolute atomic E-state index is 0.102. The molecular weight excluding hydrogens is 464 g/mol. The van der Waals surface area contributed by atoms with E-state index in [0.29, 0.717) is 18.5 Å². The van der Waals surface area contributed by atoms with Crippen LogP contribution in [-0.4, -0.2) is 66.3 Å². The molecule has 2 fully saturated rings. The van der Waals surface area contributed by atoms with Gasteiger partial charge in [0.15, 0.2) is 0 Å². The number of halogens is 1. The molecule has 1 unspecified atom stereocenters. The summed E-state index contributed by atoms with van der Waals surface area (Å²) in [6.07, 6.45) is 3.75. The van der Waals surface area contributed by atoms with Crippen molar-refractivity contribution in [2.75, 3.05) is 37.6 Å². The Labute approximate surface area is 211 Å². The number of hydrogen-bond acceptors (Lipinski definition) is 5. The van der Waals surface area contributed by atoms with Crippen molar-refractivity contribution in [3.05, 3.63) is 64.2 Å². The third-order valence-corrected chi connectivity index (χ3v) is 7.67. The number of carbonyl (C=O) groups excluding carboxylic acids is 3. The van der Waals surface area contributed by atoms with Crippen molar-refractivity contribution in [3.8, 4) is 0 Å². The van der Waals surface area contributed by atoms with E-state index in [2.05, 4.69) is 33.3 Å². The molecule has 2 saturated heterocycles. The van der Waals surface area contributed by atoms with Crippen molar-refractivity contribution in [1.82, 2.24) is 15.1 Å². The molecule has 0 spiro atoms. The Hall–Kier alpha value is -2.90. The summed E-state index contributed by atoms with van der Waals surface area (Å²) in [5.41, 5.74) is 4.16. The zero-order chi connectivity index (χ0) is 24.4. The molecular formula is C27H31ClN4O3. The van der Waals surface area contributed by atoms with E-state index in [0.717, 1.165) is 62.6 Å². The van der Waals surface area contributed by atoms with Gasteiger partial charge in [0.1, 0.15) is 6.04 Å². The Morgan fingerprint density at radius 2 is 1.71 bits per heavy atom. The first-order valence-electron chi connectivity index (χ1n) is 12.5. The summed E-state index contributed by atoms with van der Waals surface area (Å²) in [6, 6.07) is 13.4. The Bertz CT molecular complexity index is 1110. The highest BCUT2D eigenvalue weighted by Crippen LogP contribution is 2.30. The van der Waals surface area contributed by atoms with Gasteiger partial charge in [-0.2, -0.15) is 0 Å². The predicted octanol–water partition coefficient (Wildman–Crippen LogP) is 3.25. The highest BCUT2D eigenvalue weighted by Gasteiger charge is 2.39. The molecule has 0 aliphatic carbocycles. The zero-order valence-electron chi connectivity index (χ0n) is 19.8. The highest BCUT2D eigenvalue weighted by atomic mass is 35.5. The van der Waals surface area contributed by atoms with Crippen LogP contribution in [0.5, 0.6) is 0 Å². The lowest BCUT2D eigenvalue weighted by Crippen LogP contribution is -2.52. The van der Waals surface area contributed by atoms with Gasteiger partial charge >= 0.3 is 0 Å². The number of aryl methyl sites for hydroxylation is 1. The summed E-state index contributed by atoms with van der Waals surface area (Å²) >= 11 is 6.01. The van der Waals surface area contributed by atoms with E-state index in [9.17, 15) is 14.4 Å². The number of anilines is 1. The van der Waals surface area contributed by atoms with E-state index < -0.39 is 6.04 Å². The van der Waals surface area contributed by atoms with Crippen LogP contribution in [0.25, 0.3) is 0 Å². The van der Waals surface area contributed by atoms with Gasteiger partial charge in [0.2, 0.25) is 11.8 Å². The molecule has 1 N–H and O–H groups in total. The number of piperazine rings is 1. The molecule has 35 heavy (non-hydrogen) atoms. The van der Waals surface area contributed by atoms with Crippen molar-refractivity contribution < 1.29 is 14.4 Å². The standard InChI is InChI=1S/C27H31ClN4O3/c28-20-7-9-21(10-8-20)31-16-14-30(15-17-31)13-2-1-4-19-5-3-6-22-23(19)18-32(27(22)35)24-11-12-25(33)29-26(24)34/h3,5-10,24H,1-2,4,11-18H2,(H,29,33,34). The summed E-state index contributed by atoms with van der Waals surface area (Å²) in [6.45, 7) is 5.67. The number of amides is 3. The molecule has 3 aliphatic heterocycles. The van der Waals surface area contributed by atoms with E-state index in [-0.39, 0.29) is 24.1 Å². The molecule has 8 heteroatoms. The van der Waals surface area contributed by atoms with Crippen LogP contribution in [0, 0.1) is 0 Å². The lowest BCUT2D eigenvalue weighted by Gasteiger charge is -2.36. The fourth-order valence-corrected chi connectivity index (χ4v) is 5.54. The molecule has 2 aromatic rings. The first-order chi connectivity index (χ1) is 17.0. The van der Waals surface area contributed by atoms with Gasteiger partial charge < -0.3 is 9.80 Å². The Morgan fingerprint density at radius 3 is 2.46 bits per heavy atom. The number of nitrogens with one attached hydrogen (secondary N) is 1. The average Bonchev–Trinajstić information content (AvgIpc) is 3.20. The fraction of sp³-hybridized carbons (Fsp3) is 0.444. The quantitative estimate of drug-likeness (QED) is 0.472. The van der Waals surface area contributed by atoms with Crippen LogP contribution in [0.1, 0.15) is 47.2 Å². The van der Waals surface area contributed by atoms with E-state index in [1.165, 1.54) is 11.3 Å². The predicted molar refractivity (Wildman–Crippen MR) is 136 cm³/mol. The first-order valence-corrected chi connectivity index (χ1v) is 12.9. The minimum Gasteiger partial charge on any atom is -0.369 e. The average molecular weight is 495 g/mol. The number of imide groups is 1.